The van der Waals surface area contributed by atoms with Gasteiger partial charge in [0.25, 0.3) is 0 Å². The zero-order valence-corrected chi connectivity index (χ0v) is 12.1. The van der Waals surface area contributed by atoms with Crippen LogP contribution >= 0.6 is 0 Å². The molecule has 0 amide bonds. The van der Waals surface area contributed by atoms with Gasteiger partial charge in [0, 0.05) is 18.5 Å². The average molecular weight is 285 g/mol. The molecule has 0 saturated heterocycles. The molecule has 1 heterocycles. The van der Waals surface area contributed by atoms with Crippen molar-refractivity contribution in [3.05, 3.63) is 30.1 Å². The second-order valence-electron chi connectivity index (χ2n) is 5.64. The first kappa shape index (κ1) is 13.8. The number of aromatic nitrogens is 2. The fraction of sp³-hybridized carbons (Fsp3) is 0.438. The number of rotatable bonds is 3. The molecule has 0 bridgehead atoms. The van der Waals surface area contributed by atoms with Gasteiger partial charge in [-0.1, -0.05) is 19.3 Å². The normalized spacial score (nSPS) is 16.0. The van der Waals surface area contributed by atoms with E-state index in [0.717, 1.165) is 11.2 Å². The Morgan fingerprint density at radius 3 is 2.71 bits per heavy atom. The Balaban J connectivity index is 2.00. The van der Waals surface area contributed by atoms with E-state index in [1.54, 1.807) is 12.1 Å². The van der Waals surface area contributed by atoms with Crippen LogP contribution in [0.5, 0.6) is 0 Å². The third kappa shape index (κ3) is 2.68. The van der Waals surface area contributed by atoms with Crippen LogP contribution in [0.15, 0.2) is 24.5 Å². The van der Waals surface area contributed by atoms with Crippen molar-refractivity contribution in [2.24, 2.45) is 0 Å². The lowest BCUT2D eigenvalue weighted by Crippen LogP contribution is -2.34. The van der Waals surface area contributed by atoms with Gasteiger partial charge in [0.1, 0.15) is 12.1 Å². The van der Waals surface area contributed by atoms with Crippen LogP contribution in [0.2, 0.25) is 0 Å². The van der Waals surface area contributed by atoms with Crippen LogP contribution in [0.3, 0.4) is 0 Å². The Hall–Kier alpha value is -2.17. The molecule has 0 atom stereocenters. The average Bonchev–Trinajstić information content (AvgIpc) is 2.54. The highest BCUT2D eigenvalue weighted by Gasteiger charge is 2.21. The summed E-state index contributed by atoms with van der Waals surface area (Å²) in [6, 6.07) is 5.55. The molecule has 0 radical (unpaired) electrons. The van der Waals surface area contributed by atoms with Gasteiger partial charge in [-0.3, -0.25) is 0 Å². The summed E-state index contributed by atoms with van der Waals surface area (Å²) in [7, 11) is 2.07. The fourth-order valence-electron chi connectivity index (χ4n) is 3.10. The van der Waals surface area contributed by atoms with Crippen LogP contribution in [0, 0.1) is 0 Å². The van der Waals surface area contributed by atoms with Crippen LogP contribution in [-0.2, 0) is 0 Å². The molecule has 2 aromatic rings. The largest absolute Gasteiger partial charge is 0.478 e. The van der Waals surface area contributed by atoms with Crippen molar-refractivity contribution < 1.29 is 9.90 Å². The third-order valence-electron chi connectivity index (χ3n) is 4.32. The minimum atomic E-state index is -0.933. The predicted octanol–water partition coefficient (Wildman–Crippen LogP) is 3.10. The molecule has 3 rings (SSSR count). The molecule has 1 aliphatic rings. The van der Waals surface area contributed by atoms with Crippen LogP contribution in [0.1, 0.15) is 42.5 Å². The van der Waals surface area contributed by atoms with Crippen molar-refractivity contribution in [1.29, 1.82) is 0 Å². The molecule has 1 fully saturated rings. The molecule has 1 N–H and O–H groups in total. The van der Waals surface area contributed by atoms with E-state index in [4.69, 9.17) is 5.11 Å². The van der Waals surface area contributed by atoms with E-state index >= 15 is 0 Å². The summed E-state index contributed by atoms with van der Waals surface area (Å²) in [5.74, 6) is -0.0402. The van der Waals surface area contributed by atoms with Gasteiger partial charge >= 0.3 is 5.97 Å². The van der Waals surface area contributed by atoms with Crippen molar-refractivity contribution in [2.75, 3.05) is 11.9 Å². The molecule has 1 aliphatic carbocycles. The number of carboxylic acids is 1. The maximum atomic E-state index is 11.1. The lowest BCUT2D eigenvalue weighted by Gasteiger charge is -2.32. The SMILES string of the molecule is CN(c1ncnc2cc(C(=O)O)ccc12)C1CCCCC1. The Morgan fingerprint density at radius 1 is 1.24 bits per heavy atom. The number of nitrogens with zero attached hydrogens (tertiary/aromatic N) is 3. The number of fused-ring (bicyclic) bond motifs is 1. The van der Waals surface area contributed by atoms with Crippen molar-refractivity contribution >= 4 is 22.7 Å². The van der Waals surface area contributed by atoms with Gasteiger partial charge in [0.2, 0.25) is 0 Å². The summed E-state index contributed by atoms with van der Waals surface area (Å²) in [6.07, 6.45) is 7.74. The zero-order valence-electron chi connectivity index (χ0n) is 12.1. The highest BCUT2D eigenvalue weighted by molar-refractivity contribution is 5.96. The topological polar surface area (TPSA) is 66.3 Å². The van der Waals surface area contributed by atoms with E-state index in [1.165, 1.54) is 38.4 Å². The molecule has 1 aromatic carbocycles. The number of carbonyl (C=O) groups is 1. The lowest BCUT2D eigenvalue weighted by molar-refractivity contribution is 0.0697. The van der Waals surface area contributed by atoms with Gasteiger partial charge in [-0.25, -0.2) is 14.8 Å². The Labute approximate surface area is 123 Å². The van der Waals surface area contributed by atoms with E-state index in [9.17, 15) is 4.79 Å². The maximum Gasteiger partial charge on any atom is 0.335 e. The van der Waals surface area contributed by atoms with Gasteiger partial charge in [-0.15, -0.1) is 0 Å². The van der Waals surface area contributed by atoms with Crippen molar-refractivity contribution in [2.45, 2.75) is 38.1 Å². The molecule has 0 unspecified atom stereocenters. The molecule has 1 aromatic heterocycles. The standard InChI is InChI=1S/C16H19N3O2/c1-19(12-5-3-2-4-6-12)15-13-8-7-11(16(20)21)9-14(13)17-10-18-15/h7-10,12H,2-6H2,1H3,(H,20,21). The lowest BCUT2D eigenvalue weighted by atomic mass is 9.94. The van der Waals surface area contributed by atoms with Crippen LogP contribution in [0.4, 0.5) is 5.82 Å². The summed E-state index contributed by atoms with van der Waals surface area (Å²) in [5.41, 5.74) is 0.940. The second kappa shape index (κ2) is 5.68. The third-order valence-corrected chi connectivity index (χ3v) is 4.32. The summed E-state index contributed by atoms with van der Waals surface area (Å²) in [6.45, 7) is 0. The van der Waals surface area contributed by atoms with E-state index in [0.29, 0.717) is 11.6 Å². The molecule has 0 aliphatic heterocycles. The first-order chi connectivity index (χ1) is 10.2. The summed E-state index contributed by atoms with van der Waals surface area (Å²) < 4.78 is 0. The molecule has 1 saturated carbocycles. The first-order valence-corrected chi connectivity index (χ1v) is 7.37. The van der Waals surface area contributed by atoms with Crippen LogP contribution in [0.25, 0.3) is 10.9 Å². The summed E-state index contributed by atoms with van der Waals surface area (Å²) >= 11 is 0. The van der Waals surface area contributed by atoms with Crippen LogP contribution in [-0.4, -0.2) is 34.1 Å². The molecule has 5 heteroatoms. The number of anilines is 1. The number of hydrogen-bond acceptors (Lipinski definition) is 4. The molecule has 0 spiro atoms. The van der Waals surface area contributed by atoms with Gasteiger partial charge in [-0.05, 0) is 31.0 Å². The fourth-order valence-corrected chi connectivity index (χ4v) is 3.10. The van der Waals surface area contributed by atoms with E-state index in [-0.39, 0.29) is 5.56 Å². The second-order valence-corrected chi connectivity index (χ2v) is 5.64. The highest BCUT2D eigenvalue weighted by atomic mass is 16.4. The van der Waals surface area contributed by atoms with Gasteiger partial charge in [0.05, 0.1) is 11.1 Å². The van der Waals surface area contributed by atoms with Crippen LogP contribution < -0.4 is 4.90 Å². The monoisotopic (exact) mass is 285 g/mol. The molecule has 110 valence electrons. The minimum absolute atomic E-state index is 0.257. The number of carboxylic acid groups (broad SMARTS) is 1. The smallest absolute Gasteiger partial charge is 0.335 e. The van der Waals surface area contributed by atoms with Crippen molar-refractivity contribution in [3.63, 3.8) is 0 Å². The first-order valence-electron chi connectivity index (χ1n) is 7.37. The Bertz CT molecular complexity index is 666. The van der Waals surface area contributed by atoms with E-state index in [1.807, 2.05) is 6.07 Å². The Morgan fingerprint density at radius 2 is 2.00 bits per heavy atom. The zero-order chi connectivity index (χ0) is 14.8. The molecular weight excluding hydrogens is 266 g/mol. The summed E-state index contributed by atoms with van der Waals surface area (Å²) in [4.78, 5) is 21.9. The molecule has 5 nitrogen and oxygen atoms in total. The predicted molar refractivity (Wildman–Crippen MR) is 81.8 cm³/mol. The molecular formula is C16H19N3O2. The maximum absolute atomic E-state index is 11.1. The highest BCUT2D eigenvalue weighted by Crippen LogP contribution is 2.29. The minimum Gasteiger partial charge on any atom is -0.478 e. The van der Waals surface area contributed by atoms with E-state index in [2.05, 4.69) is 21.9 Å². The Kier molecular flexibility index (Phi) is 3.73. The van der Waals surface area contributed by atoms with Gasteiger partial charge in [0.15, 0.2) is 0 Å². The van der Waals surface area contributed by atoms with Gasteiger partial charge in [-0.2, -0.15) is 0 Å². The molecule has 21 heavy (non-hydrogen) atoms. The number of benzene rings is 1. The van der Waals surface area contributed by atoms with Gasteiger partial charge < -0.3 is 10.0 Å². The summed E-state index contributed by atoms with van der Waals surface area (Å²) in [5, 5.41) is 9.99. The number of hydrogen-bond donors (Lipinski definition) is 1. The number of aromatic carboxylic acids is 1. The van der Waals surface area contributed by atoms with E-state index < -0.39 is 5.97 Å². The van der Waals surface area contributed by atoms with Crippen molar-refractivity contribution in [3.8, 4) is 0 Å². The van der Waals surface area contributed by atoms with Crippen molar-refractivity contribution in [1.82, 2.24) is 9.97 Å². The quantitative estimate of drug-likeness (QED) is 0.938.